The number of nitrogen functional groups attached to an aromatic ring is 1. The molecular weight excluding hydrogens is 233 g/mol. The van der Waals surface area contributed by atoms with Gasteiger partial charge >= 0.3 is 6.18 Å². The van der Waals surface area contributed by atoms with Crippen LogP contribution in [0.4, 0.5) is 19.0 Å². The Kier molecular flexibility index (Phi) is 2.00. The van der Waals surface area contributed by atoms with Gasteiger partial charge in [-0.2, -0.15) is 18.2 Å². The van der Waals surface area contributed by atoms with E-state index in [2.05, 4.69) is 10.1 Å². The Bertz CT molecular complexity index is 519. The normalized spacial score (nSPS) is 12.3. The molecule has 8 heteroatoms. The van der Waals surface area contributed by atoms with Gasteiger partial charge in [-0.1, -0.05) is 0 Å². The van der Waals surface area contributed by atoms with Gasteiger partial charge in [0.1, 0.15) is 5.52 Å². The number of aromatic nitrogens is 3. The van der Waals surface area contributed by atoms with Crippen LogP contribution in [-0.4, -0.2) is 14.6 Å². The van der Waals surface area contributed by atoms with Gasteiger partial charge in [-0.15, -0.1) is 5.10 Å². The Hall–Kier alpha value is -1.50. The van der Waals surface area contributed by atoms with Crippen LogP contribution < -0.4 is 5.73 Å². The summed E-state index contributed by atoms with van der Waals surface area (Å²) in [5.74, 6) is -0.0921. The fourth-order valence-corrected chi connectivity index (χ4v) is 1.32. The summed E-state index contributed by atoms with van der Waals surface area (Å²) >= 11 is 5.44. The van der Waals surface area contributed by atoms with E-state index in [1.807, 2.05) is 0 Å². The summed E-state index contributed by atoms with van der Waals surface area (Å²) in [7, 11) is 0. The third-order valence-corrected chi connectivity index (χ3v) is 1.95. The number of alkyl halides is 3. The van der Waals surface area contributed by atoms with Gasteiger partial charge in [0.15, 0.2) is 5.82 Å². The maximum absolute atomic E-state index is 12.3. The second-order valence-electron chi connectivity index (χ2n) is 2.82. The molecule has 0 saturated heterocycles. The Morgan fingerprint density at radius 1 is 1.40 bits per heavy atom. The van der Waals surface area contributed by atoms with E-state index in [0.29, 0.717) is 0 Å². The number of rotatable bonds is 0. The van der Waals surface area contributed by atoms with E-state index in [1.54, 1.807) is 0 Å². The quantitative estimate of drug-likeness (QED) is 0.761. The molecule has 0 aliphatic carbocycles. The van der Waals surface area contributed by atoms with Gasteiger partial charge in [-0.25, -0.2) is 4.52 Å². The van der Waals surface area contributed by atoms with Crippen molar-refractivity contribution in [3.8, 4) is 0 Å². The van der Waals surface area contributed by atoms with E-state index >= 15 is 0 Å². The SMILES string of the molecule is Nc1nc(Cl)nn2cc(C(F)(F)F)cc12. The Balaban J connectivity index is 2.71. The van der Waals surface area contributed by atoms with E-state index in [4.69, 9.17) is 17.3 Å². The van der Waals surface area contributed by atoms with Crippen molar-refractivity contribution >= 4 is 22.9 Å². The molecule has 0 saturated carbocycles. The Labute approximate surface area is 86.5 Å². The van der Waals surface area contributed by atoms with Gasteiger partial charge in [0.2, 0.25) is 5.28 Å². The van der Waals surface area contributed by atoms with Crippen LogP contribution in [-0.2, 0) is 6.18 Å². The minimum atomic E-state index is -4.44. The summed E-state index contributed by atoms with van der Waals surface area (Å²) < 4.78 is 37.9. The molecule has 4 nitrogen and oxygen atoms in total. The molecule has 0 aliphatic rings. The standard InChI is InChI=1S/C7H4ClF3N4/c8-6-13-5(12)4-1-3(7(9,10)11)2-15(4)14-6/h1-2H,(H2,12,13,14). The van der Waals surface area contributed by atoms with Crippen molar-refractivity contribution in [2.45, 2.75) is 6.18 Å². The van der Waals surface area contributed by atoms with Gasteiger partial charge < -0.3 is 5.73 Å². The van der Waals surface area contributed by atoms with Crippen LogP contribution in [0.15, 0.2) is 12.3 Å². The summed E-state index contributed by atoms with van der Waals surface area (Å²) in [6.07, 6.45) is -3.63. The number of nitrogens with zero attached hydrogens (tertiary/aromatic N) is 3. The average molecular weight is 237 g/mol. The molecule has 2 heterocycles. The molecule has 2 N–H and O–H groups in total. The highest BCUT2D eigenvalue weighted by Gasteiger charge is 2.32. The zero-order valence-corrected chi connectivity index (χ0v) is 7.84. The van der Waals surface area contributed by atoms with Gasteiger partial charge in [-0.05, 0) is 17.7 Å². The molecule has 2 rings (SSSR count). The molecule has 0 radical (unpaired) electrons. The van der Waals surface area contributed by atoms with Crippen molar-refractivity contribution in [2.24, 2.45) is 0 Å². The zero-order chi connectivity index (χ0) is 11.2. The van der Waals surface area contributed by atoms with Crippen LogP contribution in [0.5, 0.6) is 0 Å². The molecule has 0 atom stereocenters. The minimum absolute atomic E-state index is 0.0757. The lowest BCUT2D eigenvalue weighted by molar-refractivity contribution is -0.137. The fraction of sp³-hybridized carbons (Fsp3) is 0.143. The third-order valence-electron chi connectivity index (χ3n) is 1.79. The molecule has 0 amide bonds. The van der Waals surface area contributed by atoms with E-state index in [9.17, 15) is 13.2 Å². The van der Waals surface area contributed by atoms with Gasteiger partial charge in [0.05, 0.1) is 5.56 Å². The van der Waals surface area contributed by atoms with Crippen molar-refractivity contribution in [3.05, 3.63) is 23.1 Å². The van der Waals surface area contributed by atoms with E-state index < -0.39 is 11.7 Å². The van der Waals surface area contributed by atoms with Crippen LogP contribution in [0.1, 0.15) is 5.56 Å². The monoisotopic (exact) mass is 236 g/mol. The molecule has 0 aliphatic heterocycles. The first kappa shape index (κ1) is 10.0. The van der Waals surface area contributed by atoms with E-state index in [0.717, 1.165) is 16.8 Å². The first-order chi connectivity index (χ1) is 6.88. The molecule has 2 aromatic heterocycles. The molecule has 15 heavy (non-hydrogen) atoms. The second-order valence-corrected chi connectivity index (χ2v) is 3.16. The number of halogens is 4. The smallest absolute Gasteiger partial charge is 0.382 e. The Morgan fingerprint density at radius 3 is 2.67 bits per heavy atom. The Morgan fingerprint density at radius 2 is 2.07 bits per heavy atom. The topological polar surface area (TPSA) is 56.2 Å². The van der Waals surface area contributed by atoms with Crippen LogP contribution in [0.2, 0.25) is 5.28 Å². The lowest BCUT2D eigenvalue weighted by Gasteiger charge is -1.99. The fourth-order valence-electron chi connectivity index (χ4n) is 1.15. The van der Waals surface area contributed by atoms with Crippen molar-refractivity contribution in [3.63, 3.8) is 0 Å². The molecule has 0 bridgehead atoms. The highest BCUT2D eigenvalue weighted by atomic mass is 35.5. The predicted molar refractivity (Wildman–Crippen MR) is 47.4 cm³/mol. The van der Waals surface area contributed by atoms with Gasteiger partial charge in [0.25, 0.3) is 0 Å². The summed E-state index contributed by atoms with van der Waals surface area (Å²) in [6, 6.07) is 0.867. The van der Waals surface area contributed by atoms with Crippen LogP contribution >= 0.6 is 11.6 Å². The van der Waals surface area contributed by atoms with Crippen LogP contribution in [0, 0.1) is 0 Å². The maximum Gasteiger partial charge on any atom is 0.417 e. The van der Waals surface area contributed by atoms with Gasteiger partial charge in [0, 0.05) is 6.20 Å². The largest absolute Gasteiger partial charge is 0.417 e. The van der Waals surface area contributed by atoms with Crippen molar-refractivity contribution in [2.75, 3.05) is 5.73 Å². The predicted octanol–water partition coefficient (Wildman–Crippen LogP) is 1.98. The van der Waals surface area contributed by atoms with Crippen LogP contribution in [0.25, 0.3) is 5.52 Å². The summed E-state index contributed by atoms with van der Waals surface area (Å²) in [4.78, 5) is 3.54. The molecule has 80 valence electrons. The first-order valence-corrected chi connectivity index (χ1v) is 4.14. The van der Waals surface area contributed by atoms with E-state index in [-0.39, 0.29) is 16.6 Å². The van der Waals surface area contributed by atoms with Crippen molar-refractivity contribution < 1.29 is 13.2 Å². The number of hydrogen-bond acceptors (Lipinski definition) is 3. The lowest BCUT2D eigenvalue weighted by atomic mass is 10.3. The number of anilines is 1. The third kappa shape index (κ3) is 1.70. The number of fused-ring (bicyclic) bond motifs is 1. The molecule has 0 fully saturated rings. The van der Waals surface area contributed by atoms with Crippen molar-refractivity contribution in [1.82, 2.24) is 14.6 Å². The highest BCUT2D eigenvalue weighted by molar-refractivity contribution is 6.28. The maximum atomic E-state index is 12.3. The summed E-state index contributed by atoms with van der Waals surface area (Å²) in [5.41, 5.74) is 4.62. The molecule has 2 aromatic rings. The first-order valence-electron chi connectivity index (χ1n) is 3.76. The number of hydrogen-bond donors (Lipinski definition) is 1. The molecule has 0 spiro atoms. The van der Waals surface area contributed by atoms with Gasteiger partial charge in [-0.3, -0.25) is 0 Å². The minimum Gasteiger partial charge on any atom is -0.382 e. The van der Waals surface area contributed by atoms with Crippen LogP contribution in [0.3, 0.4) is 0 Å². The molecular formula is C7H4ClF3N4. The molecule has 0 unspecified atom stereocenters. The second kappa shape index (κ2) is 2.99. The van der Waals surface area contributed by atoms with Crippen molar-refractivity contribution in [1.29, 1.82) is 0 Å². The summed E-state index contributed by atoms with van der Waals surface area (Å²) in [5, 5.41) is 3.36. The average Bonchev–Trinajstić information content (AvgIpc) is 2.46. The summed E-state index contributed by atoms with van der Waals surface area (Å²) in [6.45, 7) is 0. The molecule has 0 aromatic carbocycles. The number of nitrogens with two attached hydrogens (primary N) is 1. The lowest BCUT2D eigenvalue weighted by Crippen LogP contribution is -2.02. The zero-order valence-electron chi connectivity index (χ0n) is 7.09. The highest BCUT2D eigenvalue weighted by Crippen LogP contribution is 2.31. The van der Waals surface area contributed by atoms with E-state index in [1.165, 1.54) is 0 Å².